The van der Waals surface area contributed by atoms with E-state index in [1.54, 1.807) is 12.3 Å². The van der Waals surface area contributed by atoms with Crippen LogP contribution in [0.2, 0.25) is 5.02 Å². The quantitative estimate of drug-likeness (QED) is 0.654. The molecule has 1 unspecified atom stereocenters. The minimum atomic E-state index is -0.0463. The second-order valence-corrected chi connectivity index (χ2v) is 7.16. The molecule has 8 nitrogen and oxygen atoms in total. The molecule has 3 aromatic rings. The highest BCUT2D eigenvalue weighted by atomic mass is 35.5. The van der Waals surface area contributed by atoms with E-state index < -0.39 is 0 Å². The minimum absolute atomic E-state index is 0.0463. The van der Waals surface area contributed by atoms with Crippen LogP contribution in [0.5, 0.6) is 0 Å². The third-order valence-corrected chi connectivity index (χ3v) is 5.16. The Hall–Kier alpha value is -2.61. The molecule has 1 saturated heterocycles. The summed E-state index contributed by atoms with van der Waals surface area (Å²) in [7, 11) is 0. The summed E-state index contributed by atoms with van der Waals surface area (Å²) in [6.07, 6.45) is 8.28. The summed E-state index contributed by atoms with van der Waals surface area (Å²) in [6, 6.07) is 5.57. The van der Waals surface area contributed by atoms with Crippen LogP contribution in [0.15, 0.2) is 36.8 Å². The van der Waals surface area contributed by atoms with Gasteiger partial charge in [0.2, 0.25) is 11.9 Å². The van der Waals surface area contributed by atoms with Crippen molar-refractivity contribution >= 4 is 29.1 Å². The zero-order chi connectivity index (χ0) is 18.6. The van der Waals surface area contributed by atoms with E-state index in [-0.39, 0.29) is 11.8 Å². The molecule has 1 N–H and O–H groups in total. The van der Waals surface area contributed by atoms with Crippen molar-refractivity contribution in [1.82, 2.24) is 29.7 Å². The van der Waals surface area contributed by atoms with Crippen molar-refractivity contribution in [3.63, 3.8) is 0 Å². The number of fused-ring (bicyclic) bond motifs is 1. The highest BCUT2D eigenvalue weighted by molar-refractivity contribution is 6.33. The number of nitrogens with one attached hydrogen (secondary N) is 1. The predicted octanol–water partition coefficient (Wildman–Crippen LogP) is 2.00. The normalized spacial score (nSPS) is 17.4. The fourth-order valence-corrected chi connectivity index (χ4v) is 3.69. The highest BCUT2D eigenvalue weighted by Gasteiger charge is 2.28. The first-order valence-corrected chi connectivity index (χ1v) is 9.59. The number of halogens is 1. The molecule has 0 aliphatic carbocycles. The summed E-state index contributed by atoms with van der Waals surface area (Å²) >= 11 is 6.18. The number of piperidine rings is 1. The number of nitrogens with zero attached hydrogens (tertiary/aromatic N) is 6. The van der Waals surface area contributed by atoms with Gasteiger partial charge in [-0.05, 0) is 37.5 Å². The lowest BCUT2D eigenvalue weighted by Crippen LogP contribution is -2.44. The number of pyridine rings is 1. The molecule has 1 aliphatic heterocycles. The molecular weight excluding hydrogens is 366 g/mol. The largest absolute Gasteiger partial charge is 0.356 e. The summed E-state index contributed by atoms with van der Waals surface area (Å²) in [5, 5.41) is 16.3. The van der Waals surface area contributed by atoms with Gasteiger partial charge in [-0.2, -0.15) is 5.10 Å². The first-order valence-electron chi connectivity index (χ1n) is 9.22. The number of anilines is 1. The van der Waals surface area contributed by atoms with Crippen molar-refractivity contribution in [3.05, 3.63) is 41.8 Å². The predicted molar refractivity (Wildman–Crippen MR) is 103 cm³/mol. The van der Waals surface area contributed by atoms with Crippen LogP contribution in [0, 0.1) is 5.92 Å². The van der Waals surface area contributed by atoms with Gasteiger partial charge in [0.05, 0.1) is 10.9 Å². The minimum Gasteiger partial charge on any atom is -0.356 e. The van der Waals surface area contributed by atoms with Gasteiger partial charge in [0.1, 0.15) is 0 Å². The van der Waals surface area contributed by atoms with Crippen molar-refractivity contribution in [2.24, 2.45) is 5.92 Å². The molecule has 0 spiro atoms. The molecule has 0 saturated carbocycles. The maximum Gasteiger partial charge on any atom is 0.231 e. The zero-order valence-electron chi connectivity index (χ0n) is 15.0. The highest BCUT2D eigenvalue weighted by Crippen LogP contribution is 2.24. The number of rotatable bonds is 6. The first-order chi connectivity index (χ1) is 13.2. The zero-order valence-corrected chi connectivity index (χ0v) is 15.7. The summed E-state index contributed by atoms with van der Waals surface area (Å²) in [5.74, 6) is 0.797. The summed E-state index contributed by atoms with van der Waals surface area (Å²) in [4.78, 5) is 14.7. The Morgan fingerprint density at radius 1 is 1.30 bits per heavy atom. The van der Waals surface area contributed by atoms with E-state index in [2.05, 4.69) is 25.5 Å². The van der Waals surface area contributed by atoms with Gasteiger partial charge in [0.15, 0.2) is 5.65 Å². The number of carbonyl (C=O) groups excluding carboxylic acids is 1. The molecule has 1 amide bonds. The van der Waals surface area contributed by atoms with Crippen molar-refractivity contribution in [2.75, 3.05) is 24.5 Å². The van der Waals surface area contributed by atoms with Crippen LogP contribution in [0.4, 0.5) is 5.95 Å². The topological polar surface area (TPSA) is 80.3 Å². The van der Waals surface area contributed by atoms with E-state index in [1.165, 1.54) is 0 Å². The first kappa shape index (κ1) is 17.8. The lowest BCUT2D eigenvalue weighted by molar-refractivity contribution is -0.125. The van der Waals surface area contributed by atoms with E-state index in [1.807, 2.05) is 33.6 Å². The SMILES string of the molecule is O=C(NCCCn1cccn1)C1CCCN(c2nnc3c(Cl)cccn23)C1. The number of hydrogen-bond donors (Lipinski definition) is 1. The van der Waals surface area contributed by atoms with Crippen molar-refractivity contribution in [3.8, 4) is 0 Å². The number of amides is 1. The van der Waals surface area contributed by atoms with E-state index in [9.17, 15) is 4.79 Å². The van der Waals surface area contributed by atoms with Crippen molar-refractivity contribution in [1.29, 1.82) is 0 Å². The summed E-state index contributed by atoms with van der Waals surface area (Å²) in [5.41, 5.74) is 0.638. The maximum absolute atomic E-state index is 12.6. The monoisotopic (exact) mass is 387 g/mol. The lowest BCUT2D eigenvalue weighted by Gasteiger charge is -2.32. The molecule has 142 valence electrons. The summed E-state index contributed by atoms with van der Waals surface area (Å²) < 4.78 is 3.75. The van der Waals surface area contributed by atoms with Crippen molar-refractivity contribution < 1.29 is 4.79 Å². The molecule has 0 aromatic carbocycles. The Bertz CT molecular complexity index is 908. The van der Waals surface area contributed by atoms with Crippen molar-refractivity contribution in [2.45, 2.75) is 25.8 Å². The molecule has 4 heterocycles. The smallest absolute Gasteiger partial charge is 0.231 e. The van der Waals surface area contributed by atoms with E-state index in [0.29, 0.717) is 23.8 Å². The van der Waals surface area contributed by atoms with Crippen LogP contribution in [-0.4, -0.2) is 49.9 Å². The molecule has 4 rings (SSSR count). The maximum atomic E-state index is 12.6. The average molecular weight is 388 g/mol. The molecule has 1 atom stereocenters. The van der Waals surface area contributed by atoms with E-state index >= 15 is 0 Å². The number of aromatic nitrogens is 5. The second kappa shape index (κ2) is 7.96. The second-order valence-electron chi connectivity index (χ2n) is 6.75. The molecule has 0 bridgehead atoms. The molecule has 1 aliphatic rings. The standard InChI is InChI=1S/C18H22ClN7O/c19-15-6-2-12-26-16(15)22-23-18(26)24-9-1-5-14(13-24)17(27)20-7-3-10-25-11-4-8-21-25/h2,4,6,8,11-12,14H,1,3,5,7,9-10,13H2,(H,20,27). The number of hydrogen-bond acceptors (Lipinski definition) is 5. The van der Waals surface area contributed by atoms with Gasteiger partial charge in [-0.3, -0.25) is 13.9 Å². The molecule has 3 aromatic heterocycles. The van der Waals surface area contributed by atoms with Crippen LogP contribution in [-0.2, 0) is 11.3 Å². The van der Waals surface area contributed by atoms with Gasteiger partial charge < -0.3 is 10.2 Å². The fourth-order valence-electron chi connectivity index (χ4n) is 3.49. The average Bonchev–Trinajstić information content (AvgIpc) is 3.35. The Morgan fingerprint density at radius 2 is 2.22 bits per heavy atom. The van der Waals surface area contributed by atoms with Crippen LogP contribution in [0.25, 0.3) is 5.65 Å². The van der Waals surface area contributed by atoms with Gasteiger partial charge in [-0.25, -0.2) is 0 Å². The summed E-state index contributed by atoms with van der Waals surface area (Å²) in [6.45, 7) is 2.95. The van der Waals surface area contributed by atoms with Gasteiger partial charge >= 0.3 is 0 Å². The third-order valence-electron chi connectivity index (χ3n) is 4.87. The fraction of sp³-hybridized carbons (Fsp3) is 0.444. The van der Waals surface area contributed by atoms with Crippen LogP contribution in [0.3, 0.4) is 0 Å². The van der Waals surface area contributed by atoms with Gasteiger partial charge in [0, 0.05) is 44.8 Å². The lowest BCUT2D eigenvalue weighted by atomic mass is 9.97. The Labute approximate surface area is 162 Å². The third kappa shape index (κ3) is 3.90. The molecule has 9 heteroatoms. The van der Waals surface area contributed by atoms with E-state index in [0.717, 1.165) is 38.3 Å². The Morgan fingerprint density at radius 3 is 3.07 bits per heavy atom. The van der Waals surface area contributed by atoms with Crippen LogP contribution in [0.1, 0.15) is 19.3 Å². The molecule has 0 radical (unpaired) electrons. The van der Waals surface area contributed by atoms with Gasteiger partial charge in [-0.15, -0.1) is 10.2 Å². The molecule has 27 heavy (non-hydrogen) atoms. The number of aryl methyl sites for hydroxylation is 1. The Balaban J connectivity index is 1.34. The van der Waals surface area contributed by atoms with Gasteiger partial charge in [-0.1, -0.05) is 11.6 Å². The number of carbonyl (C=O) groups is 1. The Kier molecular flexibility index (Phi) is 5.24. The van der Waals surface area contributed by atoms with E-state index in [4.69, 9.17) is 11.6 Å². The molecule has 1 fully saturated rings. The van der Waals surface area contributed by atoms with Crippen LogP contribution < -0.4 is 10.2 Å². The van der Waals surface area contributed by atoms with Gasteiger partial charge in [0.25, 0.3) is 0 Å². The van der Waals surface area contributed by atoms with Crippen LogP contribution >= 0.6 is 11.6 Å². The molecular formula is C18H22ClN7O.